The minimum Gasteiger partial charge on any atom is -0.475 e. The maximum atomic E-state index is 10.4. The van der Waals surface area contributed by atoms with Gasteiger partial charge in [-0.2, -0.15) is 0 Å². The van der Waals surface area contributed by atoms with Gasteiger partial charge in [-0.05, 0) is 24.3 Å². The van der Waals surface area contributed by atoms with Gasteiger partial charge in [0.25, 0.3) is 0 Å². The van der Waals surface area contributed by atoms with E-state index in [1.54, 1.807) is 12.1 Å². The Morgan fingerprint density at radius 3 is 2.36 bits per heavy atom. The van der Waals surface area contributed by atoms with Gasteiger partial charge in [-0.3, -0.25) is 5.21 Å². The Bertz CT molecular complexity index is 361. The summed E-state index contributed by atoms with van der Waals surface area (Å²) >= 11 is 5.61. The molecule has 0 aromatic heterocycles. The number of nitrogens with zero attached hydrogens (tertiary/aromatic N) is 1. The molecular weight excluding hydrogens is 208 g/mol. The van der Waals surface area contributed by atoms with E-state index in [0.717, 1.165) is 0 Å². The van der Waals surface area contributed by atoms with Crippen LogP contribution in [0, 0.1) is 0 Å². The molecule has 0 amide bonds. The molecule has 6 heteroatoms. The number of carbonyl (C=O) groups is 1. The maximum absolute atomic E-state index is 10.4. The summed E-state index contributed by atoms with van der Waals surface area (Å²) in [5.74, 6) is -1.89. The number of amidine groups is 1. The van der Waals surface area contributed by atoms with Crippen molar-refractivity contribution in [3.63, 3.8) is 0 Å². The second-order valence-electron chi connectivity index (χ2n) is 2.35. The maximum Gasteiger partial charge on any atom is 0.373 e. The molecule has 14 heavy (non-hydrogen) atoms. The van der Waals surface area contributed by atoms with Crippen molar-refractivity contribution >= 4 is 29.1 Å². The lowest BCUT2D eigenvalue weighted by Gasteiger charge is -1.98. The van der Waals surface area contributed by atoms with Gasteiger partial charge >= 0.3 is 5.97 Å². The summed E-state index contributed by atoms with van der Waals surface area (Å²) in [5, 5.41) is 17.5. The van der Waals surface area contributed by atoms with E-state index >= 15 is 0 Å². The number of carboxylic acid groups (broad SMARTS) is 1. The molecule has 1 aromatic carbocycles. The van der Waals surface area contributed by atoms with Crippen LogP contribution in [0.3, 0.4) is 0 Å². The van der Waals surface area contributed by atoms with Crippen LogP contribution in [0.4, 0.5) is 5.69 Å². The van der Waals surface area contributed by atoms with Crippen LogP contribution in [0.2, 0.25) is 5.02 Å². The van der Waals surface area contributed by atoms with Crippen molar-refractivity contribution in [1.29, 1.82) is 0 Å². The van der Waals surface area contributed by atoms with E-state index in [-0.39, 0.29) is 0 Å². The fourth-order valence-corrected chi connectivity index (χ4v) is 0.891. The molecule has 0 saturated heterocycles. The number of aliphatic carboxylic acids is 1. The van der Waals surface area contributed by atoms with Crippen LogP contribution >= 0.6 is 11.6 Å². The average Bonchev–Trinajstić information content (AvgIpc) is 2.16. The molecule has 5 nitrogen and oxygen atoms in total. The molecule has 0 aliphatic rings. The first-order valence-electron chi connectivity index (χ1n) is 3.61. The molecule has 1 rings (SSSR count). The molecule has 0 unspecified atom stereocenters. The molecule has 0 radical (unpaired) electrons. The first-order chi connectivity index (χ1) is 6.63. The van der Waals surface area contributed by atoms with Crippen molar-refractivity contribution in [1.82, 2.24) is 5.48 Å². The van der Waals surface area contributed by atoms with Gasteiger partial charge in [0.15, 0.2) is 0 Å². The zero-order valence-corrected chi connectivity index (χ0v) is 7.69. The number of halogens is 1. The molecule has 0 fully saturated rings. The van der Waals surface area contributed by atoms with E-state index in [4.69, 9.17) is 21.9 Å². The molecule has 0 saturated carbocycles. The molecule has 0 bridgehead atoms. The number of hydrogen-bond acceptors (Lipinski definition) is 3. The first-order valence-corrected chi connectivity index (χ1v) is 3.99. The van der Waals surface area contributed by atoms with Gasteiger partial charge in [-0.15, -0.1) is 0 Å². The predicted octanol–water partition coefficient (Wildman–Crippen LogP) is 1.43. The van der Waals surface area contributed by atoms with Crippen molar-refractivity contribution in [2.45, 2.75) is 0 Å². The van der Waals surface area contributed by atoms with Crippen molar-refractivity contribution in [2.24, 2.45) is 4.99 Å². The molecular formula is C8H7ClN2O3. The highest BCUT2D eigenvalue weighted by Crippen LogP contribution is 2.15. The van der Waals surface area contributed by atoms with Crippen LogP contribution < -0.4 is 5.48 Å². The smallest absolute Gasteiger partial charge is 0.373 e. The van der Waals surface area contributed by atoms with Crippen LogP contribution in [0.15, 0.2) is 29.3 Å². The molecule has 0 atom stereocenters. The van der Waals surface area contributed by atoms with Crippen molar-refractivity contribution < 1.29 is 15.1 Å². The Labute approximate surface area is 84.6 Å². The standard InChI is InChI=1S/C8H7ClN2O3/c9-5-1-3-6(4-2-5)10-7(11-14)8(12)13/h1-4,14H,(H,10,11)(H,12,13). The summed E-state index contributed by atoms with van der Waals surface area (Å²) in [4.78, 5) is 14.0. The number of hydroxylamine groups is 1. The lowest BCUT2D eigenvalue weighted by molar-refractivity contribution is -0.130. The number of aliphatic imine (C=N–C) groups is 1. The number of hydrogen-bond donors (Lipinski definition) is 3. The normalized spacial score (nSPS) is 11.1. The van der Waals surface area contributed by atoms with Crippen LogP contribution in [-0.4, -0.2) is 22.1 Å². The molecule has 0 aliphatic heterocycles. The minimum atomic E-state index is -1.34. The lowest BCUT2D eigenvalue weighted by Crippen LogP contribution is -2.27. The summed E-state index contributed by atoms with van der Waals surface area (Å²) in [6.07, 6.45) is 0. The monoisotopic (exact) mass is 214 g/mol. The van der Waals surface area contributed by atoms with Crippen molar-refractivity contribution in [3.05, 3.63) is 29.3 Å². The highest BCUT2D eigenvalue weighted by molar-refractivity contribution is 6.34. The minimum absolute atomic E-state index is 0.383. The average molecular weight is 215 g/mol. The molecule has 0 aliphatic carbocycles. The van der Waals surface area contributed by atoms with Gasteiger partial charge in [0.1, 0.15) is 0 Å². The van der Waals surface area contributed by atoms with Crippen molar-refractivity contribution in [3.8, 4) is 0 Å². The molecule has 3 N–H and O–H groups in total. The van der Waals surface area contributed by atoms with E-state index in [1.165, 1.54) is 17.6 Å². The first kappa shape index (κ1) is 10.5. The quantitative estimate of drug-likeness (QED) is 0.375. The Kier molecular flexibility index (Phi) is 3.44. The topological polar surface area (TPSA) is 81.9 Å². The Balaban J connectivity index is 2.95. The van der Waals surface area contributed by atoms with Gasteiger partial charge in [0, 0.05) is 5.02 Å². The van der Waals surface area contributed by atoms with Crippen LogP contribution in [0.5, 0.6) is 0 Å². The van der Waals surface area contributed by atoms with E-state index in [9.17, 15) is 4.79 Å². The Morgan fingerprint density at radius 1 is 1.36 bits per heavy atom. The number of nitrogens with one attached hydrogen (secondary N) is 1. The van der Waals surface area contributed by atoms with E-state index in [1.807, 2.05) is 0 Å². The largest absolute Gasteiger partial charge is 0.475 e. The molecule has 0 heterocycles. The van der Waals surface area contributed by atoms with Crippen LogP contribution in [-0.2, 0) is 4.79 Å². The third kappa shape index (κ3) is 2.72. The van der Waals surface area contributed by atoms with Gasteiger partial charge in [-0.1, -0.05) is 11.6 Å². The predicted molar refractivity (Wildman–Crippen MR) is 51.1 cm³/mol. The molecule has 1 aromatic rings. The molecule has 74 valence electrons. The van der Waals surface area contributed by atoms with Gasteiger partial charge in [0.05, 0.1) is 5.69 Å². The van der Waals surface area contributed by atoms with E-state index in [2.05, 4.69) is 4.99 Å². The lowest BCUT2D eigenvalue weighted by atomic mass is 10.3. The Hall–Kier alpha value is -1.59. The van der Waals surface area contributed by atoms with E-state index < -0.39 is 11.8 Å². The fourth-order valence-electron chi connectivity index (χ4n) is 0.765. The van der Waals surface area contributed by atoms with Gasteiger partial charge in [0.2, 0.25) is 5.84 Å². The third-order valence-corrected chi connectivity index (χ3v) is 1.63. The summed E-state index contributed by atoms with van der Waals surface area (Å²) in [6.45, 7) is 0. The van der Waals surface area contributed by atoms with E-state index in [0.29, 0.717) is 10.7 Å². The second-order valence-corrected chi connectivity index (χ2v) is 2.79. The highest BCUT2D eigenvalue weighted by Gasteiger charge is 2.06. The second kappa shape index (κ2) is 4.59. The van der Waals surface area contributed by atoms with Crippen LogP contribution in [0.1, 0.15) is 0 Å². The fraction of sp³-hybridized carbons (Fsp3) is 0. The Morgan fingerprint density at radius 2 is 1.93 bits per heavy atom. The summed E-state index contributed by atoms with van der Waals surface area (Å²) in [7, 11) is 0. The van der Waals surface area contributed by atoms with Gasteiger partial charge in [-0.25, -0.2) is 15.3 Å². The summed E-state index contributed by atoms with van der Waals surface area (Å²) < 4.78 is 0. The third-order valence-electron chi connectivity index (χ3n) is 1.38. The zero-order valence-electron chi connectivity index (χ0n) is 6.94. The number of carboxylic acids is 1. The zero-order chi connectivity index (χ0) is 10.6. The van der Waals surface area contributed by atoms with Gasteiger partial charge < -0.3 is 5.11 Å². The number of benzene rings is 1. The highest BCUT2D eigenvalue weighted by atomic mass is 35.5. The summed E-state index contributed by atoms with van der Waals surface area (Å²) in [5.41, 5.74) is 1.86. The number of rotatable bonds is 1. The SMILES string of the molecule is O=C(O)C(=Nc1ccc(Cl)cc1)NO. The van der Waals surface area contributed by atoms with Crippen molar-refractivity contribution in [2.75, 3.05) is 0 Å². The van der Waals surface area contributed by atoms with Crippen LogP contribution in [0.25, 0.3) is 0 Å². The summed E-state index contributed by atoms with van der Waals surface area (Å²) in [6, 6.07) is 6.19. The molecule has 0 spiro atoms.